The van der Waals surface area contributed by atoms with E-state index in [1.807, 2.05) is 31.2 Å². The van der Waals surface area contributed by atoms with Crippen LogP contribution in [0.4, 0.5) is 0 Å². The standard InChI is InChI=1S/C15H18BrNO3/c1-3-12(10-4-6-11(16)7-5-10)17-13(15(19)20-2)8-9-14(17)18/h4-7,12-13H,3,8-9H2,1-2H3. The zero-order valence-corrected chi connectivity index (χ0v) is 13.2. The molecular formula is C15H18BrNO3. The van der Waals surface area contributed by atoms with Gasteiger partial charge in [0, 0.05) is 10.9 Å². The Kier molecular flexibility index (Phi) is 4.81. The van der Waals surface area contributed by atoms with Gasteiger partial charge in [-0.1, -0.05) is 35.0 Å². The molecule has 4 nitrogen and oxygen atoms in total. The molecule has 0 aliphatic carbocycles. The second-order valence-electron chi connectivity index (χ2n) is 4.85. The number of benzene rings is 1. The van der Waals surface area contributed by atoms with Crippen molar-refractivity contribution < 1.29 is 14.3 Å². The molecule has 0 spiro atoms. The molecule has 2 atom stereocenters. The van der Waals surface area contributed by atoms with Gasteiger partial charge in [-0.25, -0.2) is 4.79 Å². The summed E-state index contributed by atoms with van der Waals surface area (Å²) in [6.07, 6.45) is 1.71. The number of hydrogen-bond acceptors (Lipinski definition) is 3. The van der Waals surface area contributed by atoms with Crippen molar-refractivity contribution in [1.29, 1.82) is 0 Å². The number of hydrogen-bond donors (Lipinski definition) is 0. The minimum atomic E-state index is -0.457. The van der Waals surface area contributed by atoms with Crippen molar-refractivity contribution in [1.82, 2.24) is 4.90 Å². The number of nitrogens with zero attached hydrogens (tertiary/aromatic N) is 1. The van der Waals surface area contributed by atoms with Crippen LogP contribution in [0.5, 0.6) is 0 Å². The molecule has 108 valence electrons. The van der Waals surface area contributed by atoms with E-state index in [1.54, 1.807) is 4.90 Å². The third kappa shape index (κ3) is 2.87. The summed E-state index contributed by atoms with van der Waals surface area (Å²) >= 11 is 3.40. The van der Waals surface area contributed by atoms with E-state index in [-0.39, 0.29) is 17.9 Å². The minimum absolute atomic E-state index is 0.0233. The topological polar surface area (TPSA) is 46.6 Å². The minimum Gasteiger partial charge on any atom is -0.467 e. The largest absolute Gasteiger partial charge is 0.467 e. The average Bonchev–Trinajstić information content (AvgIpc) is 2.83. The first kappa shape index (κ1) is 15.0. The Hall–Kier alpha value is -1.36. The Morgan fingerprint density at radius 1 is 1.45 bits per heavy atom. The van der Waals surface area contributed by atoms with Crippen LogP contribution in [-0.4, -0.2) is 29.9 Å². The van der Waals surface area contributed by atoms with Crippen LogP contribution in [0, 0.1) is 0 Å². The lowest BCUT2D eigenvalue weighted by molar-refractivity contribution is -0.151. The number of halogens is 1. The van der Waals surface area contributed by atoms with Crippen molar-refractivity contribution in [3.05, 3.63) is 34.3 Å². The van der Waals surface area contributed by atoms with Crippen LogP contribution in [0.3, 0.4) is 0 Å². The lowest BCUT2D eigenvalue weighted by Gasteiger charge is -2.31. The highest BCUT2D eigenvalue weighted by Gasteiger charge is 2.40. The molecule has 2 rings (SSSR count). The number of ether oxygens (including phenoxy) is 1. The summed E-state index contributed by atoms with van der Waals surface area (Å²) in [6, 6.07) is 7.33. The fourth-order valence-electron chi connectivity index (χ4n) is 2.74. The molecule has 0 saturated carbocycles. The predicted molar refractivity (Wildman–Crippen MR) is 79.1 cm³/mol. The van der Waals surface area contributed by atoms with E-state index in [0.717, 1.165) is 16.5 Å². The molecule has 1 aromatic carbocycles. The Bertz CT molecular complexity index is 500. The summed E-state index contributed by atoms with van der Waals surface area (Å²) < 4.78 is 5.82. The molecular weight excluding hydrogens is 322 g/mol. The second-order valence-corrected chi connectivity index (χ2v) is 5.77. The number of carbonyl (C=O) groups excluding carboxylic acids is 2. The van der Waals surface area contributed by atoms with E-state index in [0.29, 0.717) is 12.8 Å². The van der Waals surface area contributed by atoms with E-state index in [2.05, 4.69) is 15.9 Å². The van der Waals surface area contributed by atoms with Crippen LogP contribution in [0.1, 0.15) is 37.8 Å². The Morgan fingerprint density at radius 3 is 2.65 bits per heavy atom. The van der Waals surface area contributed by atoms with Gasteiger partial charge in [0.15, 0.2) is 0 Å². The zero-order valence-electron chi connectivity index (χ0n) is 11.6. The van der Waals surface area contributed by atoms with Crippen molar-refractivity contribution in [2.75, 3.05) is 7.11 Å². The van der Waals surface area contributed by atoms with Crippen LogP contribution in [-0.2, 0) is 14.3 Å². The molecule has 1 aromatic rings. The number of methoxy groups -OCH3 is 1. The highest BCUT2D eigenvalue weighted by molar-refractivity contribution is 9.10. The molecule has 0 radical (unpaired) electrons. The number of likely N-dealkylation sites (tertiary alicyclic amines) is 1. The summed E-state index contributed by atoms with van der Waals surface area (Å²) in [5.74, 6) is -0.304. The van der Waals surface area contributed by atoms with Crippen molar-refractivity contribution in [3.63, 3.8) is 0 Å². The molecule has 0 bridgehead atoms. The highest BCUT2D eigenvalue weighted by Crippen LogP contribution is 2.33. The van der Waals surface area contributed by atoms with Crippen LogP contribution >= 0.6 is 15.9 Å². The molecule has 0 aromatic heterocycles. The summed E-state index contributed by atoms with van der Waals surface area (Å²) in [6.45, 7) is 2.02. The quantitative estimate of drug-likeness (QED) is 0.792. The number of amides is 1. The molecule has 20 heavy (non-hydrogen) atoms. The van der Waals surface area contributed by atoms with E-state index in [4.69, 9.17) is 4.74 Å². The zero-order chi connectivity index (χ0) is 14.7. The first-order valence-electron chi connectivity index (χ1n) is 6.73. The smallest absolute Gasteiger partial charge is 0.328 e. The summed E-state index contributed by atoms with van der Waals surface area (Å²) in [5, 5.41) is 0. The average molecular weight is 340 g/mol. The molecule has 1 heterocycles. The fraction of sp³-hybridized carbons (Fsp3) is 0.467. The maximum absolute atomic E-state index is 12.2. The first-order chi connectivity index (χ1) is 9.58. The van der Waals surface area contributed by atoms with E-state index >= 15 is 0 Å². The van der Waals surface area contributed by atoms with Gasteiger partial charge in [0.05, 0.1) is 13.2 Å². The van der Waals surface area contributed by atoms with Crippen molar-refractivity contribution in [3.8, 4) is 0 Å². The van der Waals surface area contributed by atoms with Gasteiger partial charge in [-0.3, -0.25) is 4.79 Å². The number of esters is 1. The molecule has 0 N–H and O–H groups in total. The molecule has 2 unspecified atom stereocenters. The van der Waals surface area contributed by atoms with Gasteiger partial charge < -0.3 is 9.64 Å². The SMILES string of the molecule is CCC(c1ccc(Br)cc1)N1C(=O)CCC1C(=O)OC. The van der Waals surface area contributed by atoms with E-state index in [9.17, 15) is 9.59 Å². The Balaban J connectivity index is 2.31. The lowest BCUT2D eigenvalue weighted by atomic mass is 10.0. The third-order valence-electron chi connectivity index (χ3n) is 3.71. The van der Waals surface area contributed by atoms with Crippen LogP contribution < -0.4 is 0 Å². The van der Waals surface area contributed by atoms with Gasteiger partial charge in [-0.05, 0) is 30.5 Å². The van der Waals surface area contributed by atoms with Crippen LogP contribution in [0.25, 0.3) is 0 Å². The number of carbonyl (C=O) groups is 2. The summed E-state index contributed by atoms with van der Waals surface area (Å²) in [5.41, 5.74) is 1.04. The molecule has 1 fully saturated rings. The molecule has 5 heteroatoms. The summed E-state index contributed by atoms with van der Waals surface area (Å²) in [4.78, 5) is 25.7. The molecule has 1 aliphatic rings. The summed E-state index contributed by atoms with van der Waals surface area (Å²) in [7, 11) is 1.36. The van der Waals surface area contributed by atoms with E-state index in [1.165, 1.54) is 7.11 Å². The first-order valence-corrected chi connectivity index (χ1v) is 7.52. The van der Waals surface area contributed by atoms with E-state index < -0.39 is 6.04 Å². The van der Waals surface area contributed by atoms with Gasteiger partial charge in [0.25, 0.3) is 0 Å². The van der Waals surface area contributed by atoms with Crippen LogP contribution in [0.15, 0.2) is 28.7 Å². The van der Waals surface area contributed by atoms with Gasteiger partial charge in [-0.2, -0.15) is 0 Å². The van der Waals surface area contributed by atoms with Crippen molar-refractivity contribution in [2.45, 2.75) is 38.3 Å². The molecule has 1 amide bonds. The Labute approximate surface area is 127 Å². The van der Waals surface area contributed by atoms with Gasteiger partial charge in [-0.15, -0.1) is 0 Å². The lowest BCUT2D eigenvalue weighted by Crippen LogP contribution is -2.41. The van der Waals surface area contributed by atoms with Gasteiger partial charge in [0.1, 0.15) is 6.04 Å². The third-order valence-corrected chi connectivity index (χ3v) is 4.23. The van der Waals surface area contributed by atoms with Gasteiger partial charge >= 0.3 is 5.97 Å². The molecule has 1 aliphatic heterocycles. The van der Waals surface area contributed by atoms with Gasteiger partial charge in [0.2, 0.25) is 5.91 Å². The monoisotopic (exact) mass is 339 g/mol. The maximum Gasteiger partial charge on any atom is 0.328 e. The maximum atomic E-state index is 12.2. The predicted octanol–water partition coefficient (Wildman–Crippen LogP) is 3.06. The van der Waals surface area contributed by atoms with Crippen molar-refractivity contribution >= 4 is 27.8 Å². The fourth-order valence-corrected chi connectivity index (χ4v) is 3.00. The molecule has 1 saturated heterocycles. The van der Waals surface area contributed by atoms with Crippen LogP contribution in [0.2, 0.25) is 0 Å². The van der Waals surface area contributed by atoms with Crippen molar-refractivity contribution in [2.24, 2.45) is 0 Å². The number of rotatable bonds is 4. The Morgan fingerprint density at radius 2 is 2.10 bits per heavy atom. The normalized spacial score (nSPS) is 20.1. The second kappa shape index (κ2) is 6.39. The highest BCUT2D eigenvalue weighted by atomic mass is 79.9.